The van der Waals surface area contributed by atoms with Crippen LogP contribution in [0.15, 0.2) is 0 Å². The number of carboxylic acid groups (broad SMARTS) is 1. The molecule has 3 nitrogen and oxygen atoms in total. The predicted molar refractivity (Wildman–Crippen MR) is 40.0 cm³/mol. The monoisotopic (exact) mass is 145 g/mol. The Morgan fingerprint density at radius 1 is 1.50 bits per heavy atom. The van der Waals surface area contributed by atoms with Crippen molar-refractivity contribution in [3.8, 4) is 0 Å². The van der Waals surface area contributed by atoms with Gasteiger partial charge in [-0.15, -0.1) is 0 Å². The van der Waals surface area contributed by atoms with E-state index in [2.05, 4.69) is 5.32 Å². The highest BCUT2D eigenvalue weighted by molar-refractivity contribution is 5.77. The molecule has 10 heavy (non-hydrogen) atoms. The van der Waals surface area contributed by atoms with Gasteiger partial charge >= 0.3 is 5.97 Å². The molecule has 0 amide bonds. The molecule has 0 aromatic rings. The fourth-order valence-electron chi connectivity index (χ4n) is 0.783. The molecule has 60 valence electrons. The molecule has 0 radical (unpaired) electrons. The van der Waals surface area contributed by atoms with Gasteiger partial charge in [0.25, 0.3) is 0 Å². The summed E-state index contributed by atoms with van der Waals surface area (Å²) in [5.41, 5.74) is -0.811. The SMILES string of the molecule is CC(C)NC(C)(C)C(=O)O. The number of hydrogen-bond donors (Lipinski definition) is 2. The standard InChI is InChI=1S/C7H15NO2/c1-5(2)8-7(3,4)6(9)10/h5,8H,1-4H3,(H,9,10). The van der Waals surface area contributed by atoms with Gasteiger partial charge in [0.15, 0.2) is 0 Å². The highest BCUT2D eigenvalue weighted by Crippen LogP contribution is 2.02. The van der Waals surface area contributed by atoms with Gasteiger partial charge in [-0.2, -0.15) is 0 Å². The van der Waals surface area contributed by atoms with Gasteiger partial charge in [0.1, 0.15) is 5.54 Å². The fourth-order valence-corrected chi connectivity index (χ4v) is 0.783. The Labute approximate surface area is 61.4 Å². The summed E-state index contributed by atoms with van der Waals surface area (Å²) in [6, 6.07) is 0.200. The largest absolute Gasteiger partial charge is 0.480 e. The van der Waals surface area contributed by atoms with E-state index in [4.69, 9.17) is 5.11 Å². The zero-order chi connectivity index (χ0) is 8.36. The van der Waals surface area contributed by atoms with Crippen LogP contribution in [0, 0.1) is 0 Å². The minimum absolute atomic E-state index is 0.200. The maximum Gasteiger partial charge on any atom is 0.323 e. The lowest BCUT2D eigenvalue weighted by Crippen LogP contribution is -2.49. The van der Waals surface area contributed by atoms with Gasteiger partial charge in [-0.3, -0.25) is 4.79 Å². The average Bonchev–Trinajstić information content (AvgIpc) is 1.60. The van der Waals surface area contributed by atoms with E-state index in [1.165, 1.54) is 0 Å². The first-order valence-corrected chi connectivity index (χ1v) is 3.37. The van der Waals surface area contributed by atoms with Crippen molar-refractivity contribution in [3.05, 3.63) is 0 Å². The zero-order valence-corrected chi connectivity index (χ0v) is 6.93. The molecule has 0 fully saturated rings. The van der Waals surface area contributed by atoms with E-state index in [0.29, 0.717) is 0 Å². The minimum Gasteiger partial charge on any atom is -0.480 e. The summed E-state index contributed by atoms with van der Waals surface area (Å²) in [6.45, 7) is 7.14. The molecule has 0 aromatic heterocycles. The second-order valence-electron chi connectivity index (χ2n) is 3.23. The number of rotatable bonds is 3. The van der Waals surface area contributed by atoms with Gasteiger partial charge in [0, 0.05) is 6.04 Å². The lowest BCUT2D eigenvalue weighted by atomic mass is 10.1. The van der Waals surface area contributed by atoms with E-state index in [9.17, 15) is 4.79 Å². The molecule has 0 atom stereocenters. The first-order valence-electron chi connectivity index (χ1n) is 3.37. The normalized spacial score (nSPS) is 12.1. The van der Waals surface area contributed by atoms with Crippen molar-refractivity contribution < 1.29 is 9.90 Å². The number of hydrogen-bond acceptors (Lipinski definition) is 2. The third-order valence-electron chi connectivity index (χ3n) is 1.18. The van der Waals surface area contributed by atoms with E-state index < -0.39 is 11.5 Å². The summed E-state index contributed by atoms with van der Waals surface area (Å²) in [6.07, 6.45) is 0. The van der Waals surface area contributed by atoms with Crippen LogP contribution in [0.2, 0.25) is 0 Å². The molecule has 0 aliphatic rings. The molecule has 0 spiro atoms. The van der Waals surface area contributed by atoms with E-state index in [1.807, 2.05) is 13.8 Å². The lowest BCUT2D eigenvalue weighted by Gasteiger charge is -2.23. The van der Waals surface area contributed by atoms with Gasteiger partial charge in [-0.05, 0) is 27.7 Å². The van der Waals surface area contributed by atoms with Crippen LogP contribution < -0.4 is 5.32 Å². The molecule has 0 saturated carbocycles. The van der Waals surface area contributed by atoms with Gasteiger partial charge in [0.05, 0.1) is 0 Å². The summed E-state index contributed by atoms with van der Waals surface area (Å²) in [4.78, 5) is 10.5. The molecular formula is C7H15NO2. The van der Waals surface area contributed by atoms with Crippen molar-refractivity contribution in [1.82, 2.24) is 5.32 Å². The zero-order valence-electron chi connectivity index (χ0n) is 6.93. The summed E-state index contributed by atoms with van der Waals surface area (Å²) < 4.78 is 0. The summed E-state index contributed by atoms with van der Waals surface area (Å²) >= 11 is 0. The third kappa shape index (κ3) is 2.82. The lowest BCUT2D eigenvalue weighted by molar-refractivity contribution is -0.143. The molecule has 0 saturated heterocycles. The number of aliphatic carboxylic acids is 1. The Kier molecular flexibility index (Phi) is 2.84. The van der Waals surface area contributed by atoms with Crippen LogP contribution in [0.1, 0.15) is 27.7 Å². The van der Waals surface area contributed by atoms with Gasteiger partial charge in [-0.25, -0.2) is 0 Å². The molecule has 0 aliphatic heterocycles. The van der Waals surface area contributed by atoms with Gasteiger partial charge in [0.2, 0.25) is 0 Å². The van der Waals surface area contributed by atoms with Crippen molar-refractivity contribution in [2.45, 2.75) is 39.3 Å². The Morgan fingerprint density at radius 3 is 2.00 bits per heavy atom. The number of carboxylic acids is 1. The molecule has 3 heteroatoms. The molecule has 0 heterocycles. The molecule has 0 aliphatic carbocycles. The second-order valence-corrected chi connectivity index (χ2v) is 3.23. The third-order valence-corrected chi connectivity index (χ3v) is 1.18. The van der Waals surface area contributed by atoms with E-state index in [-0.39, 0.29) is 6.04 Å². The first kappa shape index (κ1) is 9.43. The highest BCUT2D eigenvalue weighted by Gasteiger charge is 2.26. The van der Waals surface area contributed by atoms with Crippen molar-refractivity contribution >= 4 is 5.97 Å². The van der Waals surface area contributed by atoms with Crippen LogP contribution in [-0.4, -0.2) is 22.7 Å². The minimum atomic E-state index is -0.818. The maximum atomic E-state index is 10.5. The van der Waals surface area contributed by atoms with Crippen LogP contribution in [0.4, 0.5) is 0 Å². The second kappa shape index (κ2) is 3.01. The predicted octanol–water partition coefficient (Wildman–Crippen LogP) is 0.848. The first-order chi connectivity index (χ1) is 4.36. The van der Waals surface area contributed by atoms with Crippen molar-refractivity contribution in [2.24, 2.45) is 0 Å². The average molecular weight is 145 g/mol. The van der Waals surface area contributed by atoms with E-state index >= 15 is 0 Å². The van der Waals surface area contributed by atoms with E-state index in [0.717, 1.165) is 0 Å². The Hall–Kier alpha value is -0.570. The van der Waals surface area contributed by atoms with Crippen LogP contribution in [0.25, 0.3) is 0 Å². The molecule has 0 rings (SSSR count). The van der Waals surface area contributed by atoms with Crippen molar-refractivity contribution in [3.63, 3.8) is 0 Å². The van der Waals surface area contributed by atoms with Crippen LogP contribution in [0.3, 0.4) is 0 Å². The van der Waals surface area contributed by atoms with Crippen LogP contribution >= 0.6 is 0 Å². The van der Waals surface area contributed by atoms with Crippen molar-refractivity contribution in [1.29, 1.82) is 0 Å². The number of carbonyl (C=O) groups is 1. The van der Waals surface area contributed by atoms with Crippen LogP contribution in [-0.2, 0) is 4.79 Å². The van der Waals surface area contributed by atoms with Crippen molar-refractivity contribution in [2.75, 3.05) is 0 Å². The Bertz CT molecular complexity index is 130. The summed E-state index contributed by atoms with van der Waals surface area (Å²) in [5, 5.41) is 11.5. The number of nitrogens with one attached hydrogen (secondary N) is 1. The summed E-state index contributed by atoms with van der Waals surface area (Å²) in [5.74, 6) is -0.818. The van der Waals surface area contributed by atoms with E-state index in [1.54, 1.807) is 13.8 Å². The molecule has 2 N–H and O–H groups in total. The molecule has 0 bridgehead atoms. The summed E-state index contributed by atoms with van der Waals surface area (Å²) in [7, 11) is 0. The smallest absolute Gasteiger partial charge is 0.323 e. The molecule has 0 aromatic carbocycles. The van der Waals surface area contributed by atoms with Gasteiger partial charge in [-0.1, -0.05) is 0 Å². The molecular weight excluding hydrogens is 130 g/mol. The van der Waals surface area contributed by atoms with Gasteiger partial charge < -0.3 is 10.4 Å². The molecule has 0 unspecified atom stereocenters. The Morgan fingerprint density at radius 2 is 1.90 bits per heavy atom. The highest BCUT2D eigenvalue weighted by atomic mass is 16.4. The topological polar surface area (TPSA) is 49.3 Å². The van der Waals surface area contributed by atoms with Crippen LogP contribution in [0.5, 0.6) is 0 Å². The maximum absolute atomic E-state index is 10.5. The Balaban J connectivity index is 4.00. The quantitative estimate of drug-likeness (QED) is 0.619. The fraction of sp³-hybridized carbons (Fsp3) is 0.857.